The first-order valence-electron chi connectivity index (χ1n) is 6.47. The van der Waals surface area contributed by atoms with Crippen molar-refractivity contribution in [1.29, 1.82) is 0 Å². The van der Waals surface area contributed by atoms with Crippen LogP contribution in [0.15, 0.2) is 46.7 Å². The lowest BCUT2D eigenvalue weighted by Gasteiger charge is -2.06. The maximum absolute atomic E-state index is 11.8. The first kappa shape index (κ1) is 15.9. The van der Waals surface area contributed by atoms with Crippen molar-refractivity contribution in [2.24, 2.45) is 17.9 Å². The van der Waals surface area contributed by atoms with Crippen molar-refractivity contribution in [2.45, 2.75) is 4.90 Å². The van der Waals surface area contributed by atoms with Gasteiger partial charge in [0.25, 0.3) is 5.91 Å². The smallest absolute Gasteiger partial charge is 0.265 e. The van der Waals surface area contributed by atoms with Gasteiger partial charge in [0.1, 0.15) is 0 Å². The zero-order valence-corrected chi connectivity index (χ0v) is 13.1. The maximum Gasteiger partial charge on any atom is 0.265 e. The van der Waals surface area contributed by atoms with Gasteiger partial charge in [0.15, 0.2) is 12.4 Å². The number of aromatic nitrogens is 2. The van der Waals surface area contributed by atoms with E-state index in [1.54, 1.807) is 35.9 Å². The van der Waals surface area contributed by atoms with Gasteiger partial charge in [-0.3, -0.25) is 9.48 Å². The average Bonchev–Trinajstić information content (AvgIpc) is 2.94. The monoisotopic (exact) mass is 319 g/mol. The molecule has 8 heteroatoms. The van der Waals surface area contributed by atoms with Crippen LogP contribution < -0.4 is 11.1 Å². The Morgan fingerprint density at radius 3 is 3.05 bits per heavy atom. The summed E-state index contributed by atoms with van der Waals surface area (Å²) in [5.74, 6) is -0.133. The van der Waals surface area contributed by atoms with Crippen molar-refractivity contribution in [3.8, 4) is 0 Å². The molecule has 0 unspecified atom stereocenters. The first-order valence-corrected chi connectivity index (χ1v) is 7.69. The summed E-state index contributed by atoms with van der Waals surface area (Å²) in [5.41, 5.74) is 7.07. The lowest BCUT2D eigenvalue weighted by atomic mass is 10.3. The maximum atomic E-state index is 11.8. The second-order valence-corrected chi connectivity index (χ2v) is 5.31. The Kier molecular flexibility index (Phi) is 5.42. The Bertz CT molecular complexity index is 683. The fourth-order valence-corrected chi connectivity index (χ4v) is 2.12. The van der Waals surface area contributed by atoms with Gasteiger partial charge in [-0.25, -0.2) is 0 Å². The van der Waals surface area contributed by atoms with E-state index in [0.29, 0.717) is 11.3 Å². The highest BCUT2D eigenvalue weighted by Gasteiger charge is 2.05. The Hall–Kier alpha value is -2.48. The standard InChI is InChI=1S/C14H17N5O2S/c1-19-8-10(7-16-19)14(15)18-21-9-13(20)17-11-4-3-5-12(6-11)22-2/h3-8H,9H2,1-2H3,(H2,15,18)(H,17,20). The number of benzene rings is 1. The number of thioether (sulfide) groups is 1. The van der Waals surface area contributed by atoms with Gasteiger partial charge in [-0.1, -0.05) is 11.2 Å². The molecule has 0 aliphatic rings. The number of oxime groups is 1. The SMILES string of the molecule is CSc1cccc(NC(=O)CO/N=C(/N)c2cnn(C)c2)c1. The normalized spacial score (nSPS) is 11.3. The van der Waals surface area contributed by atoms with Crippen LogP contribution in [-0.2, 0) is 16.7 Å². The number of nitrogens with two attached hydrogens (primary N) is 1. The summed E-state index contributed by atoms with van der Waals surface area (Å²) in [4.78, 5) is 17.8. The average molecular weight is 319 g/mol. The lowest BCUT2D eigenvalue weighted by molar-refractivity contribution is -0.120. The van der Waals surface area contributed by atoms with Crippen LogP contribution in [0.5, 0.6) is 0 Å². The van der Waals surface area contributed by atoms with Crippen LogP contribution in [0.2, 0.25) is 0 Å². The van der Waals surface area contributed by atoms with Gasteiger partial charge in [-0.15, -0.1) is 11.8 Å². The molecule has 0 spiro atoms. The second-order valence-electron chi connectivity index (χ2n) is 4.43. The molecule has 0 atom stereocenters. The molecule has 0 bridgehead atoms. The van der Waals surface area contributed by atoms with Gasteiger partial charge in [-0.05, 0) is 24.5 Å². The minimum atomic E-state index is -0.305. The van der Waals surface area contributed by atoms with Crippen LogP contribution in [0.3, 0.4) is 0 Å². The molecule has 0 aliphatic heterocycles. The number of nitrogens with one attached hydrogen (secondary N) is 1. The summed E-state index contributed by atoms with van der Waals surface area (Å²) in [6.07, 6.45) is 5.24. The lowest BCUT2D eigenvalue weighted by Crippen LogP contribution is -2.19. The van der Waals surface area contributed by atoms with Crippen molar-refractivity contribution in [1.82, 2.24) is 9.78 Å². The molecule has 0 saturated heterocycles. The third kappa shape index (κ3) is 4.52. The number of carbonyl (C=O) groups is 1. The molecule has 1 amide bonds. The Morgan fingerprint density at radius 2 is 2.36 bits per heavy atom. The number of aryl methyl sites for hydroxylation is 1. The molecule has 2 rings (SSSR count). The van der Waals surface area contributed by atoms with Gasteiger partial charge in [0.05, 0.1) is 11.8 Å². The van der Waals surface area contributed by atoms with Crippen LogP contribution in [0, 0.1) is 0 Å². The molecule has 0 aliphatic carbocycles. The van der Waals surface area contributed by atoms with Crippen molar-refractivity contribution in [2.75, 3.05) is 18.2 Å². The van der Waals surface area contributed by atoms with Crippen LogP contribution in [0.25, 0.3) is 0 Å². The van der Waals surface area contributed by atoms with Crippen molar-refractivity contribution >= 4 is 29.2 Å². The van der Waals surface area contributed by atoms with Crippen LogP contribution in [0.4, 0.5) is 5.69 Å². The van der Waals surface area contributed by atoms with Gasteiger partial charge in [-0.2, -0.15) is 5.10 Å². The molecule has 1 heterocycles. The highest BCUT2D eigenvalue weighted by molar-refractivity contribution is 7.98. The summed E-state index contributed by atoms with van der Waals surface area (Å²) in [6.45, 7) is -0.218. The van der Waals surface area contributed by atoms with E-state index >= 15 is 0 Å². The third-order valence-electron chi connectivity index (χ3n) is 2.71. The molecule has 0 saturated carbocycles. The zero-order chi connectivity index (χ0) is 15.9. The van der Waals surface area contributed by atoms with Gasteiger partial charge in [0.2, 0.25) is 0 Å². The molecule has 1 aromatic carbocycles. The summed E-state index contributed by atoms with van der Waals surface area (Å²) < 4.78 is 1.60. The summed E-state index contributed by atoms with van der Waals surface area (Å²) >= 11 is 1.60. The Balaban J connectivity index is 1.85. The molecule has 1 aromatic heterocycles. The zero-order valence-electron chi connectivity index (χ0n) is 12.3. The number of carbonyl (C=O) groups excluding carboxylic acids is 1. The van der Waals surface area contributed by atoms with E-state index in [0.717, 1.165) is 4.90 Å². The minimum Gasteiger partial charge on any atom is -0.384 e. The topological polar surface area (TPSA) is 94.5 Å². The van der Waals surface area contributed by atoms with Crippen molar-refractivity contribution in [3.05, 3.63) is 42.2 Å². The van der Waals surface area contributed by atoms with Gasteiger partial charge >= 0.3 is 0 Å². The van der Waals surface area contributed by atoms with Gasteiger partial charge < -0.3 is 15.9 Å². The molecular formula is C14H17N5O2S. The number of nitrogens with zero attached hydrogens (tertiary/aromatic N) is 3. The highest BCUT2D eigenvalue weighted by Crippen LogP contribution is 2.18. The number of amides is 1. The van der Waals surface area contributed by atoms with E-state index in [1.165, 1.54) is 0 Å². The molecule has 0 radical (unpaired) electrons. The summed E-state index contributed by atoms with van der Waals surface area (Å²) in [7, 11) is 1.77. The van der Waals surface area contributed by atoms with E-state index in [4.69, 9.17) is 10.6 Å². The predicted octanol–water partition coefficient (Wildman–Crippen LogP) is 1.42. The van der Waals surface area contributed by atoms with Crippen molar-refractivity contribution in [3.63, 3.8) is 0 Å². The van der Waals surface area contributed by atoms with E-state index in [-0.39, 0.29) is 18.3 Å². The van der Waals surface area contributed by atoms with Crippen LogP contribution in [0.1, 0.15) is 5.56 Å². The van der Waals surface area contributed by atoms with Crippen molar-refractivity contribution < 1.29 is 9.63 Å². The predicted molar refractivity (Wildman–Crippen MR) is 86.7 cm³/mol. The van der Waals surface area contributed by atoms with Crippen LogP contribution in [-0.4, -0.2) is 34.4 Å². The van der Waals surface area contributed by atoms with E-state index in [2.05, 4.69) is 15.6 Å². The Morgan fingerprint density at radius 1 is 1.55 bits per heavy atom. The molecule has 7 nitrogen and oxygen atoms in total. The van der Waals surface area contributed by atoms with E-state index in [9.17, 15) is 4.79 Å². The minimum absolute atomic E-state index is 0.172. The van der Waals surface area contributed by atoms with E-state index < -0.39 is 0 Å². The quantitative estimate of drug-likeness (QED) is 0.363. The molecule has 116 valence electrons. The third-order valence-corrected chi connectivity index (χ3v) is 3.44. The summed E-state index contributed by atoms with van der Waals surface area (Å²) in [6, 6.07) is 7.54. The number of hydrogen-bond acceptors (Lipinski definition) is 5. The van der Waals surface area contributed by atoms with E-state index in [1.807, 2.05) is 30.5 Å². The van der Waals surface area contributed by atoms with Gasteiger partial charge in [0, 0.05) is 23.8 Å². The first-order chi connectivity index (χ1) is 10.6. The summed E-state index contributed by atoms with van der Waals surface area (Å²) in [5, 5.41) is 10.4. The molecule has 2 aromatic rings. The molecular weight excluding hydrogens is 302 g/mol. The second kappa shape index (κ2) is 7.51. The number of anilines is 1. The highest BCUT2D eigenvalue weighted by atomic mass is 32.2. The number of hydrogen-bond donors (Lipinski definition) is 2. The molecule has 3 N–H and O–H groups in total. The Labute approximate surface area is 132 Å². The molecule has 22 heavy (non-hydrogen) atoms. The van der Waals surface area contributed by atoms with Crippen LogP contribution >= 0.6 is 11.8 Å². The fourth-order valence-electron chi connectivity index (χ4n) is 1.66. The number of rotatable bonds is 6. The number of amidine groups is 1. The fraction of sp³-hybridized carbons (Fsp3) is 0.214. The largest absolute Gasteiger partial charge is 0.384 e. The molecule has 0 fully saturated rings.